The van der Waals surface area contributed by atoms with Crippen LogP contribution in [0.15, 0.2) is 59.0 Å². The van der Waals surface area contributed by atoms with E-state index < -0.39 is 0 Å². The van der Waals surface area contributed by atoms with Crippen molar-refractivity contribution in [3.8, 4) is 11.3 Å². The first-order chi connectivity index (χ1) is 13.2. The van der Waals surface area contributed by atoms with Gasteiger partial charge in [0.2, 0.25) is 0 Å². The number of nitrogens with zero attached hydrogens (tertiary/aromatic N) is 4. The Morgan fingerprint density at radius 2 is 2.07 bits per heavy atom. The fourth-order valence-corrected chi connectivity index (χ4v) is 3.40. The lowest BCUT2D eigenvalue weighted by Gasteiger charge is -2.21. The molecule has 28 heavy (non-hydrogen) atoms. The van der Waals surface area contributed by atoms with Gasteiger partial charge in [-0.15, -0.1) is 35.3 Å². The first-order valence-electron chi connectivity index (χ1n) is 9.06. The van der Waals surface area contributed by atoms with E-state index in [0.29, 0.717) is 6.54 Å². The van der Waals surface area contributed by atoms with E-state index in [1.165, 1.54) is 0 Å². The van der Waals surface area contributed by atoms with Gasteiger partial charge in [0.25, 0.3) is 0 Å². The summed E-state index contributed by atoms with van der Waals surface area (Å²) in [5, 5.41) is 6.56. The highest BCUT2D eigenvalue weighted by atomic mass is 127. The van der Waals surface area contributed by atoms with Crippen molar-refractivity contribution in [2.24, 2.45) is 4.99 Å². The van der Waals surface area contributed by atoms with Gasteiger partial charge in [-0.05, 0) is 37.6 Å². The summed E-state index contributed by atoms with van der Waals surface area (Å²) in [5.41, 5.74) is 4.32. The molecule has 0 unspecified atom stereocenters. The maximum atomic E-state index is 4.81. The first kappa shape index (κ1) is 22.3. The number of pyridine rings is 1. The molecule has 5 nitrogen and oxygen atoms in total. The smallest absolute Gasteiger partial charge is 0.194 e. The molecule has 0 aliphatic rings. The van der Waals surface area contributed by atoms with Gasteiger partial charge in [-0.25, -0.2) is 9.98 Å². The minimum Gasteiger partial charge on any atom is -0.357 e. The number of hydrogen-bond acceptors (Lipinski definition) is 4. The second kappa shape index (κ2) is 11.1. The second-order valence-electron chi connectivity index (χ2n) is 6.30. The highest BCUT2D eigenvalue weighted by molar-refractivity contribution is 14.0. The molecule has 0 spiro atoms. The van der Waals surface area contributed by atoms with E-state index in [-0.39, 0.29) is 24.0 Å². The summed E-state index contributed by atoms with van der Waals surface area (Å²) in [6.45, 7) is 6.29. The van der Waals surface area contributed by atoms with Crippen LogP contribution < -0.4 is 5.32 Å². The molecule has 1 aromatic carbocycles. The van der Waals surface area contributed by atoms with E-state index >= 15 is 0 Å². The Balaban J connectivity index is 0.00000280. The lowest BCUT2D eigenvalue weighted by molar-refractivity contribution is 0.471. The number of thiazole rings is 1. The molecule has 0 fully saturated rings. The number of benzene rings is 1. The molecule has 0 aliphatic carbocycles. The Morgan fingerprint density at radius 1 is 1.21 bits per heavy atom. The number of nitrogens with one attached hydrogen (secondary N) is 1. The molecular formula is C21H26IN5S. The number of hydrogen-bond donors (Lipinski definition) is 1. The van der Waals surface area contributed by atoms with Gasteiger partial charge >= 0.3 is 0 Å². The largest absolute Gasteiger partial charge is 0.357 e. The van der Waals surface area contributed by atoms with Crippen molar-refractivity contribution in [2.75, 3.05) is 13.6 Å². The fourth-order valence-electron chi connectivity index (χ4n) is 2.80. The van der Waals surface area contributed by atoms with Crippen LogP contribution in [0.3, 0.4) is 0 Å². The molecule has 3 aromatic rings. The van der Waals surface area contributed by atoms with Crippen LogP contribution in [0, 0.1) is 6.92 Å². The van der Waals surface area contributed by atoms with Gasteiger partial charge in [-0.1, -0.05) is 24.3 Å². The Labute approximate surface area is 188 Å². The topological polar surface area (TPSA) is 53.4 Å². The van der Waals surface area contributed by atoms with Crippen LogP contribution in [-0.2, 0) is 13.1 Å². The molecule has 3 rings (SSSR count). The monoisotopic (exact) mass is 507 g/mol. The average molecular weight is 507 g/mol. The summed E-state index contributed by atoms with van der Waals surface area (Å²) >= 11 is 1.68. The predicted molar refractivity (Wildman–Crippen MR) is 128 cm³/mol. The first-order valence-corrected chi connectivity index (χ1v) is 9.94. The zero-order valence-electron chi connectivity index (χ0n) is 16.4. The molecule has 1 N–H and O–H groups in total. The maximum Gasteiger partial charge on any atom is 0.194 e. The molecule has 0 bridgehead atoms. The van der Waals surface area contributed by atoms with Crippen molar-refractivity contribution in [2.45, 2.75) is 26.9 Å². The predicted octanol–water partition coefficient (Wildman–Crippen LogP) is 4.73. The van der Waals surface area contributed by atoms with Crippen molar-refractivity contribution in [3.63, 3.8) is 0 Å². The molecule has 148 valence electrons. The van der Waals surface area contributed by atoms with E-state index in [1.54, 1.807) is 11.3 Å². The van der Waals surface area contributed by atoms with E-state index in [4.69, 9.17) is 4.99 Å². The number of aliphatic imine (C=N–C) groups is 1. The van der Waals surface area contributed by atoms with Gasteiger partial charge in [0.15, 0.2) is 5.96 Å². The summed E-state index contributed by atoms with van der Waals surface area (Å²) in [5.74, 6) is 0.881. The van der Waals surface area contributed by atoms with Crippen LogP contribution >= 0.6 is 35.3 Å². The van der Waals surface area contributed by atoms with Crippen LogP contribution in [-0.4, -0.2) is 34.4 Å². The third kappa shape index (κ3) is 6.27. The SMILES string of the molecule is CCNC(=NCc1cccc(-c2ccccn2)c1)N(C)Cc1csc(C)n1.I. The molecule has 0 saturated heterocycles. The molecule has 0 atom stereocenters. The van der Waals surface area contributed by atoms with Crippen molar-refractivity contribution < 1.29 is 0 Å². The number of aryl methyl sites for hydroxylation is 1. The number of rotatable bonds is 6. The highest BCUT2D eigenvalue weighted by Crippen LogP contribution is 2.18. The summed E-state index contributed by atoms with van der Waals surface area (Å²) in [6.07, 6.45) is 1.82. The van der Waals surface area contributed by atoms with Crippen LogP contribution in [0.2, 0.25) is 0 Å². The van der Waals surface area contributed by atoms with Gasteiger partial charge in [-0.3, -0.25) is 4.98 Å². The Kier molecular flexibility index (Phi) is 8.85. The third-order valence-electron chi connectivity index (χ3n) is 4.06. The Hall–Kier alpha value is -2.00. The summed E-state index contributed by atoms with van der Waals surface area (Å²) < 4.78 is 0. The van der Waals surface area contributed by atoms with Crippen molar-refractivity contribution in [3.05, 3.63) is 70.3 Å². The normalized spacial score (nSPS) is 11.0. The summed E-state index contributed by atoms with van der Waals surface area (Å²) in [4.78, 5) is 15.9. The van der Waals surface area contributed by atoms with Gasteiger partial charge in [-0.2, -0.15) is 0 Å². The van der Waals surface area contributed by atoms with Gasteiger partial charge < -0.3 is 10.2 Å². The minimum atomic E-state index is 0. The van der Waals surface area contributed by atoms with E-state index in [0.717, 1.165) is 46.6 Å². The van der Waals surface area contributed by atoms with Crippen LogP contribution in [0.4, 0.5) is 0 Å². The molecule has 0 aliphatic heterocycles. The van der Waals surface area contributed by atoms with E-state index in [9.17, 15) is 0 Å². The van der Waals surface area contributed by atoms with E-state index in [2.05, 4.69) is 56.8 Å². The number of halogens is 1. The van der Waals surface area contributed by atoms with Crippen molar-refractivity contribution in [1.29, 1.82) is 0 Å². The second-order valence-corrected chi connectivity index (χ2v) is 7.36. The average Bonchev–Trinajstić information content (AvgIpc) is 3.10. The molecule has 2 heterocycles. The molecule has 0 amide bonds. The Bertz CT molecular complexity index is 895. The quantitative estimate of drug-likeness (QED) is 0.298. The van der Waals surface area contributed by atoms with Crippen LogP contribution in [0.5, 0.6) is 0 Å². The van der Waals surface area contributed by atoms with Crippen molar-refractivity contribution >= 4 is 41.3 Å². The number of guanidine groups is 1. The lowest BCUT2D eigenvalue weighted by Crippen LogP contribution is -2.38. The van der Waals surface area contributed by atoms with Crippen molar-refractivity contribution in [1.82, 2.24) is 20.2 Å². The Morgan fingerprint density at radius 3 is 2.75 bits per heavy atom. The summed E-state index contributed by atoms with van der Waals surface area (Å²) in [6, 6.07) is 14.4. The zero-order valence-corrected chi connectivity index (χ0v) is 19.6. The molecule has 2 aromatic heterocycles. The maximum absolute atomic E-state index is 4.81. The van der Waals surface area contributed by atoms with Crippen LogP contribution in [0.1, 0.15) is 23.2 Å². The molecule has 0 saturated carbocycles. The fraction of sp³-hybridized carbons (Fsp3) is 0.286. The molecule has 7 heteroatoms. The lowest BCUT2D eigenvalue weighted by atomic mass is 10.1. The van der Waals surface area contributed by atoms with Gasteiger partial charge in [0.05, 0.1) is 29.5 Å². The van der Waals surface area contributed by atoms with Gasteiger partial charge in [0.1, 0.15) is 0 Å². The highest BCUT2D eigenvalue weighted by Gasteiger charge is 2.09. The number of aromatic nitrogens is 2. The molecular weight excluding hydrogens is 481 g/mol. The zero-order chi connectivity index (χ0) is 19.1. The summed E-state index contributed by atoms with van der Waals surface area (Å²) in [7, 11) is 2.04. The third-order valence-corrected chi connectivity index (χ3v) is 4.88. The molecule has 0 radical (unpaired) electrons. The van der Waals surface area contributed by atoms with Crippen LogP contribution in [0.25, 0.3) is 11.3 Å². The van der Waals surface area contributed by atoms with Gasteiger partial charge in [0, 0.05) is 30.7 Å². The standard InChI is InChI=1S/C21H25N5S.HI/c1-4-22-21(26(3)14-19-15-27-16(2)25-19)24-13-17-8-7-9-18(12-17)20-10-5-6-11-23-20;/h5-12,15H,4,13-14H2,1-3H3,(H,22,24);1H. The minimum absolute atomic E-state index is 0. The van der Waals surface area contributed by atoms with E-state index in [1.807, 2.05) is 38.4 Å².